The van der Waals surface area contributed by atoms with Crippen molar-refractivity contribution in [3.8, 4) is 0 Å². The van der Waals surface area contributed by atoms with Gasteiger partial charge in [0.1, 0.15) is 5.76 Å². The maximum Gasteiger partial charge on any atom is 0.315 e. The maximum absolute atomic E-state index is 11.9. The minimum Gasteiger partial charge on any atom is -0.444 e. The summed E-state index contributed by atoms with van der Waals surface area (Å²) in [5, 5.41) is 6.08. The van der Waals surface area contributed by atoms with Crippen molar-refractivity contribution in [3.63, 3.8) is 0 Å². The van der Waals surface area contributed by atoms with Crippen molar-refractivity contribution < 1.29 is 13.9 Å². The predicted molar refractivity (Wildman–Crippen MR) is 87.4 cm³/mol. The van der Waals surface area contributed by atoms with Crippen LogP contribution in [-0.4, -0.2) is 24.7 Å². The number of aromatic nitrogens is 1. The van der Waals surface area contributed by atoms with Crippen LogP contribution in [0.3, 0.4) is 0 Å². The first-order valence-electron chi connectivity index (χ1n) is 7.22. The lowest BCUT2D eigenvalue weighted by atomic mass is 10.1. The van der Waals surface area contributed by atoms with Crippen molar-refractivity contribution in [1.29, 1.82) is 0 Å². The predicted octanol–water partition coefficient (Wildman–Crippen LogP) is 3.13. The Hall–Kier alpha value is -2.05. The second-order valence-electron chi connectivity index (χ2n) is 5.09. The molecule has 2 amide bonds. The van der Waals surface area contributed by atoms with E-state index in [1.165, 1.54) is 0 Å². The molecule has 2 aromatic rings. The largest absolute Gasteiger partial charge is 0.444 e. The summed E-state index contributed by atoms with van der Waals surface area (Å²) in [5.41, 5.74) is 1.72. The highest BCUT2D eigenvalue weighted by atomic mass is 35.5. The molecule has 2 rings (SSSR count). The van der Waals surface area contributed by atoms with Crippen LogP contribution in [0, 0.1) is 13.8 Å². The van der Waals surface area contributed by atoms with Gasteiger partial charge in [0.25, 0.3) is 0 Å². The normalized spacial score (nSPS) is 12.0. The first-order valence-corrected chi connectivity index (χ1v) is 7.60. The number of carbonyl (C=O) groups excluding carboxylic acids is 1. The standard InChI is InChI=1S/C16H20ClN3O3/c1-10-11(2)23-15(20-10)9-19-16(21)18-8-14(22-3)12-5-4-6-13(17)7-12/h4-7,14H,8-9H2,1-3H3,(H2,18,19,21)/t14-/m0/s1. The Balaban J connectivity index is 1.82. The number of aryl methyl sites for hydroxylation is 2. The van der Waals surface area contributed by atoms with E-state index in [-0.39, 0.29) is 18.7 Å². The molecule has 1 heterocycles. The lowest BCUT2D eigenvalue weighted by Gasteiger charge is -2.17. The van der Waals surface area contributed by atoms with Gasteiger partial charge in [0.05, 0.1) is 18.3 Å². The Morgan fingerprint density at radius 3 is 2.78 bits per heavy atom. The number of ether oxygens (including phenoxy) is 1. The van der Waals surface area contributed by atoms with Crippen molar-refractivity contribution in [2.75, 3.05) is 13.7 Å². The molecule has 0 saturated heterocycles. The summed E-state index contributed by atoms with van der Waals surface area (Å²) in [5.74, 6) is 1.23. The molecule has 0 aliphatic heterocycles. The quantitative estimate of drug-likeness (QED) is 0.849. The zero-order valence-corrected chi connectivity index (χ0v) is 14.1. The lowest BCUT2D eigenvalue weighted by Crippen LogP contribution is -2.37. The molecule has 7 heteroatoms. The number of rotatable bonds is 6. The van der Waals surface area contributed by atoms with E-state index < -0.39 is 0 Å². The molecular weight excluding hydrogens is 318 g/mol. The monoisotopic (exact) mass is 337 g/mol. The fourth-order valence-corrected chi connectivity index (χ4v) is 2.26. The van der Waals surface area contributed by atoms with Crippen LogP contribution in [0.2, 0.25) is 5.02 Å². The summed E-state index contributed by atoms with van der Waals surface area (Å²) in [6.45, 7) is 4.25. The fourth-order valence-electron chi connectivity index (χ4n) is 2.06. The molecule has 0 aliphatic carbocycles. The fraction of sp³-hybridized carbons (Fsp3) is 0.375. The number of benzene rings is 1. The number of halogens is 1. The molecule has 0 spiro atoms. The molecule has 6 nitrogen and oxygen atoms in total. The van der Waals surface area contributed by atoms with Crippen LogP contribution in [0.5, 0.6) is 0 Å². The zero-order valence-electron chi connectivity index (χ0n) is 13.4. The smallest absolute Gasteiger partial charge is 0.315 e. The first-order chi connectivity index (χ1) is 11.0. The number of oxazole rings is 1. The van der Waals surface area contributed by atoms with E-state index in [0.29, 0.717) is 17.5 Å². The van der Waals surface area contributed by atoms with E-state index in [9.17, 15) is 4.79 Å². The van der Waals surface area contributed by atoms with E-state index in [4.69, 9.17) is 20.8 Å². The molecular formula is C16H20ClN3O3. The van der Waals surface area contributed by atoms with Crippen LogP contribution in [0.1, 0.15) is 29.0 Å². The molecule has 1 atom stereocenters. The zero-order chi connectivity index (χ0) is 16.8. The number of hydrogen-bond acceptors (Lipinski definition) is 4. The average Bonchev–Trinajstić information content (AvgIpc) is 2.84. The van der Waals surface area contributed by atoms with Gasteiger partial charge in [0.15, 0.2) is 0 Å². The van der Waals surface area contributed by atoms with Gasteiger partial charge in [-0.3, -0.25) is 0 Å². The van der Waals surface area contributed by atoms with Crippen molar-refractivity contribution >= 4 is 17.6 Å². The Labute approximate surface area is 140 Å². The molecule has 124 valence electrons. The molecule has 0 unspecified atom stereocenters. The second-order valence-corrected chi connectivity index (χ2v) is 5.53. The summed E-state index contributed by atoms with van der Waals surface area (Å²) >= 11 is 5.97. The summed E-state index contributed by atoms with van der Waals surface area (Å²) < 4.78 is 10.8. The number of methoxy groups -OCH3 is 1. The van der Waals surface area contributed by atoms with E-state index in [1.54, 1.807) is 13.2 Å². The molecule has 1 aromatic heterocycles. The third-order valence-electron chi connectivity index (χ3n) is 3.43. The summed E-state index contributed by atoms with van der Waals surface area (Å²) in [6.07, 6.45) is -0.273. The molecule has 0 fully saturated rings. The number of urea groups is 1. The molecule has 0 aliphatic rings. The molecule has 0 bridgehead atoms. The number of nitrogens with one attached hydrogen (secondary N) is 2. The van der Waals surface area contributed by atoms with Crippen molar-refractivity contribution in [3.05, 3.63) is 52.2 Å². The van der Waals surface area contributed by atoms with E-state index in [2.05, 4.69) is 15.6 Å². The third-order valence-corrected chi connectivity index (χ3v) is 3.66. The van der Waals surface area contributed by atoms with Gasteiger partial charge in [-0.05, 0) is 31.5 Å². The SMILES string of the molecule is CO[C@@H](CNC(=O)NCc1nc(C)c(C)o1)c1cccc(Cl)c1. The van der Waals surface area contributed by atoms with Crippen LogP contribution in [0.4, 0.5) is 4.79 Å². The van der Waals surface area contributed by atoms with Gasteiger partial charge in [-0.15, -0.1) is 0 Å². The van der Waals surface area contributed by atoms with Crippen molar-refractivity contribution in [2.45, 2.75) is 26.5 Å². The number of amides is 2. The van der Waals surface area contributed by atoms with Gasteiger partial charge < -0.3 is 19.8 Å². The topological polar surface area (TPSA) is 76.4 Å². The Morgan fingerprint density at radius 1 is 1.39 bits per heavy atom. The van der Waals surface area contributed by atoms with Gasteiger partial charge in [-0.2, -0.15) is 0 Å². The second kappa shape index (κ2) is 7.99. The lowest BCUT2D eigenvalue weighted by molar-refractivity contribution is 0.104. The molecule has 2 N–H and O–H groups in total. The average molecular weight is 338 g/mol. The highest BCUT2D eigenvalue weighted by molar-refractivity contribution is 6.30. The highest BCUT2D eigenvalue weighted by Gasteiger charge is 2.13. The number of nitrogens with zero attached hydrogens (tertiary/aromatic N) is 1. The van der Waals surface area contributed by atoms with Crippen molar-refractivity contribution in [1.82, 2.24) is 15.6 Å². The Bertz CT molecular complexity index is 653. The molecule has 0 radical (unpaired) electrons. The Morgan fingerprint density at radius 2 is 2.17 bits per heavy atom. The van der Waals surface area contributed by atoms with E-state index >= 15 is 0 Å². The number of hydrogen-bond donors (Lipinski definition) is 2. The highest BCUT2D eigenvalue weighted by Crippen LogP contribution is 2.19. The van der Waals surface area contributed by atoms with Crippen LogP contribution < -0.4 is 10.6 Å². The first kappa shape index (κ1) is 17.3. The van der Waals surface area contributed by atoms with Crippen LogP contribution in [-0.2, 0) is 11.3 Å². The van der Waals surface area contributed by atoms with Gasteiger partial charge in [0, 0.05) is 18.7 Å². The van der Waals surface area contributed by atoms with Crippen molar-refractivity contribution in [2.24, 2.45) is 0 Å². The molecule has 23 heavy (non-hydrogen) atoms. The van der Waals surface area contributed by atoms with Gasteiger partial charge >= 0.3 is 6.03 Å². The Kier molecular flexibility index (Phi) is 6.01. The van der Waals surface area contributed by atoms with Crippen LogP contribution in [0.25, 0.3) is 0 Å². The third kappa shape index (κ3) is 4.97. The summed E-state index contributed by atoms with van der Waals surface area (Å²) in [6, 6.07) is 7.03. The van der Waals surface area contributed by atoms with E-state index in [0.717, 1.165) is 17.0 Å². The number of carbonyl (C=O) groups is 1. The molecule has 1 aromatic carbocycles. The minimum absolute atomic E-state index is 0.231. The van der Waals surface area contributed by atoms with Crippen LogP contribution in [0.15, 0.2) is 28.7 Å². The summed E-state index contributed by atoms with van der Waals surface area (Å²) in [4.78, 5) is 16.1. The van der Waals surface area contributed by atoms with Gasteiger partial charge in [-0.25, -0.2) is 9.78 Å². The minimum atomic E-state index is -0.317. The van der Waals surface area contributed by atoms with Crippen LogP contribution >= 0.6 is 11.6 Å². The van der Waals surface area contributed by atoms with E-state index in [1.807, 2.05) is 32.0 Å². The van der Waals surface area contributed by atoms with Gasteiger partial charge in [-0.1, -0.05) is 23.7 Å². The van der Waals surface area contributed by atoms with Gasteiger partial charge in [0.2, 0.25) is 5.89 Å². The maximum atomic E-state index is 11.9. The molecule has 0 saturated carbocycles. The summed E-state index contributed by atoms with van der Waals surface area (Å²) in [7, 11) is 1.59.